The van der Waals surface area contributed by atoms with Crippen LogP contribution in [0.3, 0.4) is 0 Å². The molecule has 0 radical (unpaired) electrons. The fraction of sp³-hybridized carbons (Fsp3) is 0.364. The minimum Gasteiger partial charge on any atom is -0.435 e. The van der Waals surface area contributed by atoms with Crippen molar-refractivity contribution in [2.75, 3.05) is 13.1 Å². The molecule has 5 nitrogen and oxygen atoms in total. The van der Waals surface area contributed by atoms with Crippen molar-refractivity contribution in [2.24, 2.45) is 5.92 Å². The van der Waals surface area contributed by atoms with Crippen LogP contribution in [0.25, 0.3) is 0 Å². The minimum absolute atomic E-state index is 0.0279. The lowest BCUT2D eigenvalue weighted by Gasteiger charge is -2.31. The third kappa shape index (κ3) is 6.18. The highest BCUT2D eigenvalue weighted by atomic mass is 19.4. The number of likely N-dealkylation sites (tertiary alicyclic amines) is 1. The summed E-state index contributed by atoms with van der Waals surface area (Å²) in [6, 6.07) is 9.98. The average Bonchev–Trinajstić information content (AvgIpc) is 2.77. The molecule has 1 aliphatic rings. The van der Waals surface area contributed by atoms with Crippen LogP contribution in [0.1, 0.15) is 34.3 Å². The van der Waals surface area contributed by atoms with E-state index in [1.54, 1.807) is 12.1 Å². The monoisotopic (exact) mass is 456 g/mol. The van der Waals surface area contributed by atoms with E-state index in [1.807, 2.05) is 0 Å². The number of hydrogen-bond acceptors (Lipinski definition) is 3. The van der Waals surface area contributed by atoms with Crippen molar-refractivity contribution in [3.05, 3.63) is 65.2 Å². The molecule has 1 heterocycles. The lowest BCUT2D eigenvalue weighted by atomic mass is 9.95. The Morgan fingerprint density at radius 1 is 1.00 bits per heavy atom. The maximum atomic E-state index is 12.7. The number of rotatable bonds is 6. The van der Waals surface area contributed by atoms with Gasteiger partial charge in [-0.3, -0.25) is 9.59 Å². The van der Waals surface area contributed by atoms with Gasteiger partial charge in [0.1, 0.15) is 5.75 Å². The number of ether oxygens (including phenoxy) is 1. The van der Waals surface area contributed by atoms with Crippen LogP contribution in [-0.4, -0.2) is 36.4 Å². The third-order valence-electron chi connectivity index (χ3n) is 5.23. The van der Waals surface area contributed by atoms with Crippen molar-refractivity contribution in [3.8, 4) is 5.75 Å². The summed E-state index contributed by atoms with van der Waals surface area (Å²) in [4.78, 5) is 26.5. The Kier molecular flexibility index (Phi) is 7.32. The summed E-state index contributed by atoms with van der Waals surface area (Å²) in [7, 11) is 0. The summed E-state index contributed by atoms with van der Waals surface area (Å²) in [5.74, 6) is -0.823. The topological polar surface area (TPSA) is 58.6 Å². The number of nitrogens with one attached hydrogen (secondary N) is 1. The van der Waals surface area contributed by atoms with Crippen molar-refractivity contribution in [1.82, 2.24) is 10.2 Å². The number of alkyl halides is 5. The second kappa shape index (κ2) is 9.97. The maximum absolute atomic E-state index is 12.7. The quantitative estimate of drug-likeness (QED) is 0.653. The first-order chi connectivity index (χ1) is 15.1. The number of nitrogens with zero attached hydrogens (tertiary/aromatic N) is 1. The number of amides is 2. The second-order valence-electron chi connectivity index (χ2n) is 7.38. The molecule has 3 rings (SSSR count). The Bertz CT molecular complexity index is 922. The van der Waals surface area contributed by atoms with Gasteiger partial charge in [0, 0.05) is 31.1 Å². The second-order valence-corrected chi connectivity index (χ2v) is 7.38. The van der Waals surface area contributed by atoms with Gasteiger partial charge in [-0.05, 0) is 54.8 Å². The molecule has 0 aliphatic carbocycles. The molecule has 1 fully saturated rings. The Hall–Kier alpha value is -3.17. The maximum Gasteiger partial charge on any atom is 0.416 e. The summed E-state index contributed by atoms with van der Waals surface area (Å²) >= 11 is 0. The van der Waals surface area contributed by atoms with Gasteiger partial charge in [-0.25, -0.2) is 0 Å². The normalized spacial score (nSPS) is 15.0. The van der Waals surface area contributed by atoms with Gasteiger partial charge in [0.2, 0.25) is 5.91 Å². The molecule has 10 heteroatoms. The van der Waals surface area contributed by atoms with Gasteiger partial charge in [0.05, 0.1) is 5.56 Å². The van der Waals surface area contributed by atoms with E-state index in [2.05, 4.69) is 10.1 Å². The van der Waals surface area contributed by atoms with Crippen LogP contribution in [0.4, 0.5) is 22.0 Å². The number of benzene rings is 2. The predicted octanol–water partition coefficient (Wildman–Crippen LogP) is 4.48. The summed E-state index contributed by atoms with van der Waals surface area (Å²) in [5.41, 5.74) is 0.0654. The molecule has 0 atom stereocenters. The number of halogens is 5. The number of piperidine rings is 1. The van der Waals surface area contributed by atoms with Crippen molar-refractivity contribution < 1.29 is 36.3 Å². The zero-order chi connectivity index (χ0) is 23.3. The van der Waals surface area contributed by atoms with E-state index in [4.69, 9.17) is 0 Å². The van der Waals surface area contributed by atoms with Gasteiger partial charge < -0.3 is 15.0 Å². The average molecular weight is 456 g/mol. The predicted molar refractivity (Wildman–Crippen MR) is 105 cm³/mol. The number of carbonyl (C=O) groups excluding carboxylic acids is 2. The first-order valence-electron chi connectivity index (χ1n) is 9.91. The standard InChI is InChI=1S/C22H21F5N2O3/c23-21(24)32-18-7-1-14(2-8-18)13-28-19(30)15-9-11-29(12-10-15)20(31)16-3-5-17(6-4-16)22(25,26)27/h1-8,15,21H,9-13H2,(H,28,30). The van der Waals surface area contributed by atoms with Gasteiger partial charge in [0.15, 0.2) is 0 Å². The molecule has 1 aliphatic heterocycles. The Balaban J connectivity index is 1.46. The van der Waals surface area contributed by atoms with Gasteiger partial charge in [-0.15, -0.1) is 0 Å². The highest BCUT2D eigenvalue weighted by molar-refractivity contribution is 5.94. The van der Waals surface area contributed by atoms with E-state index in [-0.39, 0.29) is 35.6 Å². The zero-order valence-electron chi connectivity index (χ0n) is 16.9. The van der Waals surface area contributed by atoms with Crippen LogP contribution in [0, 0.1) is 5.92 Å². The van der Waals surface area contributed by atoms with Crippen LogP contribution < -0.4 is 10.1 Å². The van der Waals surface area contributed by atoms with E-state index in [1.165, 1.54) is 17.0 Å². The Labute approximate surface area is 181 Å². The SMILES string of the molecule is O=C(NCc1ccc(OC(F)F)cc1)C1CCN(C(=O)c2ccc(C(F)(F)F)cc2)CC1. The largest absolute Gasteiger partial charge is 0.435 e. The first kappa shape index (κ1) is 23.5. The minimum atomic E-state index is -4.46. The van der Waals surface area contributed by atoms with Gasteiger partial charge >= 0.3 is 12.8 Å². The number of carbonyl (C=O) groups is 2. The highest BCUT2D eigenvalue weighted by Gasteiger charge is 2.31. The molecule has 1 N–H and O–H groups in total. The summed E-state index contributed by atoms with van der Waals surface area (Å²) in [6.45, 7) is -2.05. The van der Waals surface area contributed by atoms with Crippen LogP contribution in [0.2, 0.25) is 0 Å². The zero-order valence-corrected chi connectivity index (χ0v) is 16.9. The fourth-order valence-electron chi connectivity index (χ4n) is 3.45. The summed E-state index contributed by atoms with van der Waals surface area (Å²) in [5, 5.41) is 2.79. The van der Waals surface area contributed by atoms with E-state index in [0.717, 1.165) is 29.8 Å². The summed E-state index contributed by atoms with van der Waals surface area (Å²) in [6.07, 6.45) is -3.60. The first-order valence-corrected chi connectivity index (χ1v) is 9.91. The fourth-order valence-corrected chi connectivity index (χ4v) is 3.45. The van der Waals surface area contributed by atoms with Crippen molar-refractivity contribution in [3.63, 3.8) is 0 Å². The van der Waals surface area contributed by atoms with E-state index in [0.29, 0.717) is 25.9 Å². The highest BCUT2D eigenvalue weighted by Crippen LogP contribution is 2.29. The van der Waals surface area contributed by atoms with E-state index >= 15 is 0 Å². The van der Waals surface area contributed by atoms with Crippen LogP contribution >= 0.6 is 0 Å². The summed E-state index contributed by atoms with van der Waals surface area (Å²) < 4.78 is 66.6. The molecular formula is C22H21F5N2O3. The Morgan fingerprint density at radius 2 is 1.59 bits per heavy atom. The molecular weight excluding hydrogens is 435 g/mol. The smallest absolute Gasteiger partial charge is 0.416 e. The van der Waals surface area contributed by atoms with Gasteiger partial charge in [-0.2, -0.15) is 22.0 Å². The lowest BCUT2D eigenvalue weighted by Crippen LogP contribution is -2.42. The van der Waals surface area contributed by atoms with Gasteiger partial charge in [-0.1, -0.05) is 12.1 Å². The molecule has 1 saturated heterocycles. The molecule has 2 aromatic rings. The molecule has 32 heavy (non-hydrogen) atoms. The molecule has 0 saturated carbocycles. The van der Waals surface area contributed by atoms with Crippen LogP contribution in [0.5, 0.6) is 5.75 Å². The molecule has 2 aromatic carbocycles. The van der Waals surface area contributed by atoms with Crippen molar-refractivity contribution >= 4 is 11.8 Å². The molecule has 0 aromatic heterocycles. The lowest BCUT2D eigenvalue weighted by molar-refractivity contribution is -0.137. The Morgan fingerprint density at radius 3 is 2.12 bits per heavy atom. The molecule has 0 unspecified atom stereocenters. The van der Waals surface area contributed by atoms with Crippen LogP contribution in [0.15, 0.2) is 48.5 Å². The molecule has 172 valence electrons. The van der Waals surface area contributed by atoms with Gasteiger partial charge in [0.25, 0.3) is 5.91 Å². The van der Waals surface area contributed by atoms with Crippen molar-refractivity contribution in [1.29, 1.82) is 0 Å². The van der Waals surface area contributed by atoms with E-state index in [9.17, 15) is 31.5 Å². The third-order valence-corrected chi connectivity index (χ3v) is 5.23. The van der Waals surface area contributed by atoms with Crippen LogP contribution in [-0.2, 0) is 17.5 Å². The molecule has 0 spiro atoms. The van der Waals surface area contributed by atoms with Crippen molar-refractivity contribution in [2.45, 2.75) is 32.2 Å². The van der Waals surface area contributed by atoms with E-state index < -0.39 is 18.4 Å². The molecule has 0 bridgehead atoms. The number of hydrogen-bond donors (Lipinski definition) is 1. The molecule has 2 amide bonds.